The maximum Gasteiger partial charge on any atom is 0.243 e. The van der Waals surface area contributed by atoms with Crippen LogP contribution in [0.15, 0.2) is 23.1 Å². The van der Waals surface area contributed by atoms with Crippen molar-refractivity contribution in [1.29, 1.82) is 0 Å². The molecule has 3 N–H and O–H groups in total. The number of rotatable bonds is 6. The molecule has 1 aliphatic heterocycles. The summed E-state index contributed by atoms with van der Waals surface area (Å²) in [6.45, 7) is 3.13. The molecule has 0 saturated carbocycles. The lowest BCUT2D eigenvalue weighted by Gasteiger charge is -2.21. The minimum Gasteiger partial charge on any atom is -0.340 e. The van der Waals surface area contributed by atoms with E-state index in [0.717, 1.165) is 6.42 Å². The average Bonchev–Trinajstić information content (AvgIpc) is 2.87. The van der Waals surface area contributed by atoms with Gasteiger partial charge in [0.15, 0.2) is 0 Å². The minimum atomic E-state index is -3.87. The van der Waals surface area contributed by atoms with Crippen LogP contribution < -0.4 is 10.5 Å². The molecule has 0 bridgehead atoms. The van der Waals surface area contributed by atoms with Crippen LogP contribution in [0.2, 0.25) is 10.0 Å². The van der Waals surface area contributed by atoms with E-state index < -0.39 is 10.0 Å². The number of amides is 1. The first-order valence-corrected chi connectivity index (χ1v) is 9.93. The molecule has 2 unspecified atom stereocenters. The fourth-order valence-corrected chi connectivity index (χ4v) is 5.08. The normalized spacial score (nSPS) is 21.2. The molecule has 1 fully saturated rings. The quantitative estimate of drug-likeness (QED) is 0.770. The predicted octanol–water partition coefficient (Wildman–Crippen LogP) is 1.86. The van der Waals surface area contributed by atoms with Crippen LogP contribution in [0.5, 0.6) is 0 Å². The number of nitrogens with two attached hydrogens (primary N) is 1. The van der Waals surface area contributed by atoms with Crippen molar-refractivity contribution in [2.45, 2.75) is 30.7 Å². The summed E-state index contributed by atoms with van der Waals surface area (Å²) in [5.74, 6) is 0.217. The molecule has 0 radical (unpaired) electrons. The Morgan fingerprint density at radius 1 is 1.38 bits per heavy atom. The van der Waals surface area contributed by atoms with Crippen molar-refractivity contribution in [3.63, 3.8) is 0 Å². The van der Waals surface area contributed by atoms with Gasteiger partial charge in [-0.1, -0.05) is 29.3 Å². The second-order valence-corrected chi connectivity index (χ2v) is 8.45. The maximum absolute atomic E-state index is 12.3. The summed E-state index contributed by atoms with van der Waals surface area (Å²) in [6.07, 6.45) is 0.951. The Hall–Kier alpha value is -0.860. The predicted molar refractivity (Wildman–Crippen MR) is 94.6 cm³/mol. The van der Waals surface area contributed by atoms with Gasteiger partial charge >= 0.3 is 0 Å². The first-order chi connectivity index (χ1) is 11.3. The van der Waals surface area contributed by atoms with Gasteiger partial charge in [-0.25, -0.2) is 13.1 Å². The molecular formula is C15H21Cl2N3O3S. The highest BCUT2D eigenvalue weighted by Gasteiger charge is 2.31. The lowest BCUT2D eigenvalue weighted by atomic mass is 10.1. The monoisotopic (exact) mass is 393 g/mol. The van der Waals surface area contributed by atoms with E-state index >= 15 is 0 Å². The van der Waals surface area contributed by atoms with Gasteiger partial charge in [0.2, 0.25) is 15.9 Å². The standard InChI is InChI=1S/C15H21Cl2N3O3S/c1-10-7-11(8-18)9-20(10)14(21)5-6-19-24(22,23)15-12(16)3-2-4-13(15)17/h2-4,10-11,19H,5-9,18H2,1H3. The van der Waals surface area contributed by atoms with Gasteiger partial charge in [0.25, 0.3) is 0 Å². The highest BCUT2D eigenvalue weighted by Crippen LogP contribution is 2.28. The van der Waals surface area contributed by atoms with Crippen molar-refractivity contribution >= 4 is 39.1 Å². The number of nitrogens with zero attached hydrogens (tertiary/aromatic N) is 1. The average molecular weight is 394 g/mol. The number of hydrogen-bond acceptors (Lipinski definition) is 4. The van der Waals surface area contributed by atoms with Crippen LogP contribution in [0.25, 0.3) is 0 Å². The van der Waals surface area contributed by atoms with Crippen molar-refractivity contribution in [1.82, 2.24) is 9.62 Å². The number of nitrogens with one attached hydrogen (secondary N) is 1. The van der Waals surface area contributed by atoms with E-state index in [-0.39, 0.29) is 39.9 Å². The summed E-state index contributed by atoms with van der Waals surface area (Å²) in [6, 6.07) is 4.59. The van der Waals surface area contributed by atoms with Crippen molar-refractivity contribution in [3.8, 4) is 0 Å². The first-order valence-electron chi connectivity index (χ1n) is 7.69. The maximum atomic E-state index is 12.3. The van der Waals surface area contributed by atoms with Crippen molar-refractivity contribution in [3.05, 3.63) is 28.2 Å². The zero-order valence-corrected chi connectivity index (χ0v) is 15.7. The van der Waals surface area contributed by atoms with Crippen LogP contribution in [-0.2, 0) is 14.8 Å². The Bertz CT molecular complexity index is 692. The first kappa shape index (κ1) is 19.5. The van der Waals surface area contributed by atoms with Crippen LogP contribution >= 0.6 is 23.2 Å². The molecule has 2 atom stereocenters. The Labute approximate surface area is 152 Å². The van der Waals surface area contributed by atoms with E-state index in [9.17, 15) is 13.2 Å². The zero-order chi connectivity index (χ0) is 17.9. The fraction of sp³-hybridized carbons (Fsp3) is 0.533. The van der Waals surface area contributed by atoms with Gasteiger partial charge in [0, 0.05) is 25.6 Å². The molecule has 6 nitrogen and oxygen atoms in total. The van der Waals surface area contributed by atoms with Crippen molar-refractivity contribution in [2.24, 2.45) is 11.7 Å². The van der Waals surface area contributed by atoms with E-state index in [0.29, 0.717) is 19.0 Å². The molecule has 0 aliphatic carbocycles. The molecule has 1 amide bonds. The van der Waals surface area contributed by atoms with Gasteiger partial charge in [0.05, 0.1) is 10.0 Å². The molecule has 1 aliphatic rings. The van der Waals surface area contributed by atoms with Crippen LogP contribution in [0.1, 0.15) is 19.8 Å². The van der Waals surface area contributed by atoms with E-state index in [2.05, 4.69) is 4.72 Å². The highest BCUT2D eigenvalue weighted by molar-refractivity contribution is 7.89. The second kappa shape index (κ2) is 8.01. The van der Waals surface area contributed by atoms with Crippen molar-refractivity contribution in [2.75, 3.05) is 19.6 Å². The number of carbonyl (C=O) groups is 1. The Kier molecular flexibility index (Phi) is 6.50. The molecule has 1 saturated heterocycles. The minimum absolute atomic E-state index is 0.0147. The SMILES string of the molecule is CC1CC(CN)CN1C(=O)CCNS(=O)(=O)c1c(Cl)cccc1Cl. The lowest BCUT2D eigenvalue weighted by Crippen LogP contribution is -2.37. The number of likely N-dealkylation sites (tertiary alicyclic amines) is 1. The molecule has 2 rings (SSSR count). The molecule has 9 heteroatoms. The van der Waals surface area contributed by atoms with Gasteiger partial charge < -0.3 is 10.6 Å². The summed E-state index contributed by atoms with van der Waals surface area (Å²) >= 11 is 11.8. The van der Waals surface area contributed by atoms with Gasteiger partial charge in [-0.2, -0.15) is 0 Å². The summed E-state index contributed by atoms with van der Waals surface area (Å²) in [4.78, 5) is 13.9. The van der Waals surface area contributed by atoms with Gasteiger partial charge in [-0.15, -0.1) is 0 Å². The summed E-state index contributed by atoms with van der Waals surface area (Å²) < 4.78 is 27.0. The van der Waals surface area contributed by atoms with Crippen LogP contribution in [-0.4, -0.2) is 44.9 Å². The molecule has 0 spiro atoms. The second-order valence-electron chi connectivity index (χ2n) is 5.93. The van der Waals surface area contributed by atoms with Gasteiger partial charge in [-0.05, 0) is 37.9 Å². The number of hydrogen-bond donors (Lipinski definition) is 2. The third-order valence-electron chi connectivity index (χ3n) is 4.13. The third-order valence-corrected chi connectivity index (χ3v) is 6.55. The zero-order valence-electron chi connectivity index (χ0n) is 13.3. The van der Waals surface area contributed by atoms with E-state index in [1.54, 1.807) is 11.0 Å². The molecular weight excluding hydrogens is 373 g/mol. The highest BCUT2D eigenvalue weighted by atomic mass is 35.5. The Morgan fingerprint density at radius 3 is 2.54 bits per heavy atom. The van der Waals surface area contributed by atoms with E-state index in [1.165, 1.54) is 12.1 Å². The fourth-order valence-electron chi connectivity index (χ4n) is 2.91. The topological polar surface area (TPSA) is 92.5 Å². The van der Waals surface area contributed by atoms with Gasteiger partial charge in [0.1, 0.15) is 4.90 Å². The summed E-state index contributed by atoms with van der Waals surface area (Å²) in [7, 11) is -3.87. The van der Waals surface area contributed by atoms with Gasteiger partial charge in [-0.3, -0.25) is 4.79 Å². The van der Waals surface area contributed by atoms with Crippen LogP contribution in [0.4, 0.5) is 0 Å². The molecule has 1 aromatic carbocycles. The number of benzene rings is 1. The van der Waals surface area contributed by atoms with E-state index in [4.69, 9.17) is 28.9 Å². The van der Waals surface area contributed by atoms with E-state index in [1.807, 2.05) is 6.92 Å². The molecule has 0 aromatic heterocycles. The molecule has 134 valence electrons. The Morgan fingerprint density at radius 2 is 2.00 bits per heavy atom. The van der Waals surface area contributed by atoms with Crippen LogP contribution in [0, 0.1) is 5.92 Å². The van der Waals surface area contributed by atoms with Crippen molar-refractivity contribution < 1.29 is 13.2 Å². The lowest BCUT2D eigenvalue weighted by molar-refractivity contribution is -0.131. The molecule has 1 aromatic rings. The summed E-state index contributed by atoms with van der Waals surface area (Å²) in [5.41, 5.74) is 5.65. The number of sulfonamides is 1. The Balaban J connectivity index is 1.95. The molecule has 1 heterocycles. The third kappa shape index (κ3) is 4.40. The largest absolute Gasteiger partial charge is 0.340 e. The van der Waals surface area contributed by atoms with Crippen LogP contribution in [0.3, 0.4) is 0 Å². The molecule has 24 heavy (non-hydrogen) atoms. The number of carbonyl (C=O) groups excluding carboxylic acids is 1. The smallest absolute Gasteiger partial charge is 0.243 e. The summed E-state index contributed by atoms with van der Waals surface area (Å²) in [5, 5.41) is 0.0839. The number of halogens is 2.